The number of para-hydroxylation sites is 2. The lowest BCUT2D eigenvalue weighted by atomic mass is 10.2. The molecule has 1 amide bonds. The Hall–Kier alpha value is -3.20. The number of carbonyl (C=O) groups excluding carboxylic acids is 1. The predicted molar refractivity (Wildman–Crippen MR) is 134 cm³/mol. The number of hydrazone groups is 1. The number of aromatic nitrogens is 1. The Morgan fingerprint density at radius 1 is 1.15 bits per heavy atom. The molecule has 0 fully saturated rings. The van der Waals surface area contributed by atoms with Crippen molar-refractivity contribution in [1.29, 1.82) is 0 Å². The summed E-state index contributed by atoms with van der Waals surface area (Å²) in [6.07, 6.45) is 1.52. The Kier molecular flexibility index (Phi) is 7.95. The van der Waals surface area contributed by atoms with Crippen molar-refractivity contribution < 1.29 is 18.7 Å². The number of hydrogen-bond donors (Lipinski definition) is 1. The zero-order valence-corrected chi connectivity index (χ0v) is 20.3. The molecule has 1 aromatic heterocycles. The van der Waals surface area contributed by atoms with E-state index in [0.717, 1.165) is 11.1 Å². The lowest BCUT2D eigenvalue weighted by Crippen LogP contribution is -2.19. The SMILES string of the molecule is COc1ccc(/C=N\NC(=O)CSc2nc3ccccc3o2)cc1OCc1ccc(Cl)cc1Cl. The molecule has 0 aliphatic heterocycles. The topological polar surface area (TPSA) is 86.0 Å². The number of rotatable bonds is 9. The maximum absolute atomic E-state index is 12.1. The third-order valence-corrected chi connectivity index (χ3v) is 6.00. The van der Waals surface area contributed by atoms with Crippen LogP contribution in [0.3, 0.4) is 0 Å². The molecule has 7 nitrogen and oxygen atoms in total. The normalized spacial score (nSPS) is 11.1. The average molecular weight is 516 g/mol. The van der Waals surface area contributed by atoms with Gasteiger partial charge in [-0.1, -0.05) is 53.2 Å². The second-order valence-corrected chi connectivity index (χ2v) is 8.73. The third kappa shape index (κ3) is 6.22. The maximum atomic E-state index is 12.1. The second-order valence-electron chi connectivity index (χ2n) is 6.96. The number of hydrogen-bond acceptors (Lipinski definition) is 7. The minimum Gasteiger partial charge on any atom is -0.493 e. The Balaban J connectivity index is 1.33. The zero-order valence-electron chi connectivity index (χ0n) is 18.0. The molecule has 4 rings (SSSR count). The van der Waals surface area contributed by atoms with Gasteiger partial charge in [-0.25, -0.2) is 10.4 Å². The van der Waals surface area contributed by atoms with Gasteiger partial charge in [-0.05, 0) is 48.0 Å². The molecule has 0 saturated heterocycles. The molecule has 3 aromatic carbocycles. The van der Waals surface area contributed by atoms with E-state index < -0.39 is 0 Å². The molecule has 10 heteroatoms. The average Bonchev–Trinajstić information content (AvgIpc) is 3.25. The number of thioether (sulfide) groups is 1. The first-order valence-electron chi connectivity index (χ1n) is 10.1. The first-order valence-corrected chi connectivity index (χ1v) is 11.8. The Labute approximate surface area is 210 Å². The number of carbonyl (C=O) groups is 1. The fourth-order valence-corrected chi connectivity index (χ4v) is 4.03. The standard InChI is InChI=1S/C24H19Cl2N3O4S/c1-31-21-9-6-15(10-22(21)32-13-16-7-8-17(25)11-18(16)26)12-27-29-23(30)14-34-24-28-19-4-2-3-5-20(19)33-24/h2-12H,13-14H2,1H3,(H,29,30)/b27-12-. The summed E-state index contributed by atoms with van der Waals surface area (Å²) in [6, 6.07) is 17.9. The van der Waals surface area contributed by atoms with Gasteiger partial charge >= 0.3 is 0 Å². The van der Waals surface area contributed by atoms with Gasteiger partial charge in [0.1, 0.15) is 12.1 Å². The first kappa shape index (κ1) is 23.9. The summed E-state index contributed by atoms with van der Waals surface area (Å²) in [6.45, 7) is 0.233. The molecule has 0 atom stereocenters. The van der Waals surface area contributed by atoms with E-state index in [9.17, 15) is 4.79 Å². The van der Waals surface area contributed by atoms with Crippen LogP contribution in [0.15, 0.2) is 75.4 Å². The van der Waals surface area contributed by atoms with Crippen molar-refractivity contribution in [1.82, 2.24) is 10.4 Å². The highest BCUT2D eigenvalue weighted by atomic mass is 35.5. The molecule has 1 heterocycles. The minimum absolute atomic E-state index is 0.114. The lowest BCUT2D eigenvalue weighted by molar-refractivity contribution is -0.118. The van der Waals surface area contributed by atoms with Crippen molar-refractivity contribution >= 4 is 58.2 Å². The highest BCUT2D eigenvalue weighted by molar-refractivity contribution is 7.99. The van der Waals surface area contributed by atoms with E-state index >= 15 is 0 Å². The molecule has 0 spiro atoms. The van der Waals surface area contributed by atoms with Gasteiger partial charge < -0.3 is 13.9 Å². The monoisotopic (exact) mass is 515 g/mol. The number of nitrogens with one attached hydrogen (secondary N) is 1. The van der Waals surface area contributed by atoms with Crippen LogP contribution in [-0.4, -0.2) is 30.0 Å². The van der Waals surface area contributed by atoms with Gasteiger partial charge in [-0.2, -0.15) is 5.10 Å². The largest absolute Gasteiger partial charge is 0.493 e. The smallest absolute Gasteiger partial charge is 0.257 e. The number of nitrogens with zero attached hydrogens (tertiary/aromatic N) is 2. The fraction of sp³-hybridized carbons (Fsp3) is 0.125. The third-order valence-electron chi connectivity index (χ3n) is 4.59. The molecular weight excluding hydrogens is 497 g/mol. The Morgan fingerprint density at radius 2 is 2.00 bits per heavy atom. The Morgan fingerprint density at radius 3 is 2.79 bits per heavy atom. The quantitative estimate of drug-likeness (QED) is 0.168. The van der Waals surface area contributed by atoms with Gasteiger partial charge in [-0.15, -0.1) is 0 Å². The van der Waals surface area contributed by atoms with Crippen LogP contribution in [0.4, 0.5) is 0 Å². The molecule has 0 aliphatic carbocycles. The van der Waals surface area contributed by atoms with Crippen LogP contribution in [0, 0.1) is 0 Å². The van der Waals surface area contributed by atoms with Crippen LogP contribution >= 0.6 is 35.0 Å². The number of fused-ring (bicyclic) bond motifs is 1. The fourth-order valence-electron chi connectivity index (χ4n) is 2.93. The number of benzene rings is 3. The van der Waals surface area contributed by atoms with Gasteiger partial charge in [0.15, 0.2) is 17.1 Å². The summed E-state index contributed by atoms with van der Waals surface area (Å²) in [5, 5.41) is 5.51. The molecule has 0 saturated carbocycles. The van der Waals surface area contributed by atoms with Crippen LogP contribution in [-0.2, 0) is 11.4 Å². The van der Waals surface area contributed by atoms with Gasteiger partial charge in [0.05, 0.1) is 19.1 Å². The molecule has 1 N–H and O–H groups in total. The van der Waals surface area contributed by atoms with Crippen LogP contribution in [0.1, 0.15) is 11.1 Å². The summed E-state index contributed by atoms with van der Waals surface area (Å²) in [5.41, 5.74) is 5.42. The molecule has 0 unspecified atom stereocenters. The minimum atomic E-state index is -0.286. The summed E-state index contributed by atoms with van der Waals surface area (Å²) < 4.78 is 16.8. The van der Waals surface area contributed by atoms with E-state index in [2.05, 4.69) is 15.5 Å². The van der Waals surface area contributed by atoms with Crippen molar-refractivity contribution in [2.45, 2.75) is 11.8 Å². The Bertz CT molecular complexity index is 1310. The summed E-state index contributed by atoms with van der Waals surface area (Å²) in [7, 11) is 1.56. The molecule has 0 bridgehead atoms. The highest BCUT2D eigenvalue weighted by Crippen LogP contribution is 2.30. The predicted octanol–water partition coefficient (Wildman–Crippen LogP) is 5.96. The number of ether oxygens (including phenoxy) is 2. The van der Waals surface area contributed by atoms with Crippen LogP contribution < -0.4 is 14.9 Å². The van der Waals surface area contributed by atoms with Crippen molar-refractivity contribution in [2.75, 3.05) is 12.9 Å². The van der Waals surface area contributed by atoms with Crippen molar-refractivity contribution in [2.24, 2.45) is 5.10 Å². The first-order chi connectivity index (χ1) is 16.5. The van der Waals surface area contributed by atoms with Crippen LogP contribution in [0.2, 0.25) is 10.0 Å². The number of methoxy groups -OCH3 is 1. The summed E-state index contributed by atoms with van der Waals surface area (Å²) in [4.78, 5) is 16.4. The lowest BCUT2D eigenvalue weighted by Gasteiger charge is -2.12. The molecule has 174 valence electrons. The van der Waals surface area contributed by atoms with Gasteiger partial charge in [0.25, 0.3) is 11.1 Å². The number of oxazole rings is 1. The van der Waals surface area contributed by atoms with Crippen molar-refractivity contribution in [3.63, 3.8) is 0 Å². The second kappa shape index (κ2) is 11.3. The van der Waals surface area contributed by atoms with E-state index in [-0.39, 0.29) is 18.3 Å². The van der Waals surface area contributed by atoms with Gasteiger partial charge in [0, 0.05) is 15.6 Å². The highest BCUT2D eigenvalue weighted by Gasteiger charge is 2.10. The summed E-state index contributed by atoms with van der Waals surface area (Å²) in [5.74, 6) is 0.894. The van der Waals surface area contributed by atoms with E-state index in [1.54, 1.807) is 43.5 Å². The van der Waals surface area contributed by atoms with Gasteiger partial charge in [0.2, 0.25) is 0 Å². The molecule has 34 heavy (non-hydrogen) atoms. The van der Waals surface area contributed by atoms with Crippen molar-refractivity contribution in [3.8, 4) is 11.5 Å². The van der Waals surface area contributed by atoms with E-state index in [0.29, 0.717) is 37.9 Å². The zero-order chi connectivity index (χ0) is 23.9. The molecule has 0 aliphatic rings. The summed E-state index contributed by atoms with van der Waals surface area (Å²) >= 11 is 13.4. The number of halogens is 2. The molecule has 4 aromatic rings. The van der Waals surface area contributed by atoms with E-state index in [1.165, 1.54) is 18.0 Å². The van der Waals surface area contributed by atoms with Crippen LogP contribution in [0.25, 0.3) is 11.1 Å². The molecule has 0 radical (unpaired) electrons. The van der Waals surface area contributed by atoms with Crippen LogP contribution in [0.5, 0.6) is 11.5 Å². The van der Waals surface area contributed by atoms with E-state index in [4.69, 9.17) is 37.1 Å². The van der Waals surface area contributed by atoms with E-state index in [1.807, 2.05) is 24.3 Å². The van der Waals surface area contributed by atoms with Gasteiger partial charge in [-0.3, -0.25) is 4.79 Å². The van der Waals surface area contributed by atoms with Crippen molar-refractivity contribution in [3.05, 3.63) is 81.8 Å². The number of amides is 1. The maximum Gasteiger partial charge on any atom is 0.257 e. The molecular formula is C24H19Cl2N3O4S.